The molecule has 0 saturated carbocycles. The Morgan fingerprint density at radius 3 is 2.59 bits per heavy atom. The Hall–Kier alpha value is -1.52. The number of rotatable bonds is 3. The summed E-state index contributed by atoms with van der Waals surface area (Å²) >= 11 is 5.70. The first-order chi connectivity index (χ1) is 8.20. The molecule has 0 aliphatic rings. The van der Waals surface area contributed by atoms with Crippen molar-refractivity contribution < 1.29 is 4.39 Å². The lowest BCUT2D eigenvalue weighted by molar-refractivity contribution is 0.628. The van der Waals surface area contributed by atoms with Gasteiger partial charge in [0, 0.05) is 30.1 Å². The fourth-order valence-corrected chi connectivity index (χ4v) is 1.62. The summed E-state index contributed by atoms with van der Waals surface area (Å²) in [5, 5.41) is 3.08. The number of halogens is 2. The molecule has 0 saturated heterocycles. The summed E-state index contributed by atoms with van der Waals surface area (Å²) in [6.07, 6.45) is 3.46. The summed E-state index contributed by atoms with van der Waals surface area (Å²) in [6, 6.07) is 4.43. The maximum atomic E-state index is 13.0. The third-order valence-electron chi connectivity index (χ3n) is 2.26. The van der Waals surface area contributed by atoms with E-state index in [9.17, 15) is 4.39 Å². The van der Waals surface area contributed by atoms with Gasteiger partial charge in [-0.1, -0.05) is 11.6 Å². The summed E-state index contributed by atoms with van der Waals surface area (Å²) in [4.78, 5) is 8.41. The molecular weight excluding hydrogens is 241 g/mol. The molecule has 0 bridgehead atoms. The summed E-state index contributed by atoms with van der Waals surface area (Å²) < 4.78 is 13.0. The lowest BCUT2D eigenvalue weighted by Gasteiger charge is -2.03. The van der Waals surface area contributed by atoms with E-state index in [1.54, 1.807) is 18.5 Å². The van der Waals surface area contributed by atoms with Crippen LogP contribution in [0.5, 0.6) is 0 Å². The van der Waals surface area contributed by atoms with Crippen LogP contribution < -0.4 is 5.32 Å². The molecule has 17 heavy (non-hydrogen) atoms. The molecule has 0 unspecified atom stereocenters. The van der Waals surface area contributed by atoms with Gasteiger partial charge in [0.15, 0.2) is 5.82 Å². The van der Waals surface area contributed by atoms with Crippen molar-refractivity contribution in [2.45, 2.75) is 6.54 Å². The Labute approximate surface area is 104 Å². The van der Waals surface area contributed by atoms with E-state index in [4.69, 9.17) is 11.6 Å². The highest BCUT2D eigenvalue weighted by Crippen LogP contribution is 2.21. The molecule has 5 heteroatoms. The maximum Gasteiger partial charge on any atom is 0.159 e. The van der Waals surface area contributed by atoms with Crippen LogP contribution in [0.4, 0.5) is 4.39 Å². The maximum absolute atomic E-state index is 13.0. The smallest absolute Gasteiger partial charge is 0.159 e. The predicted molar refractivity (Wildman–Crippen MR) is 65.2 cm³/mol. The zero-order chi connectivity index (χ0) is 12.3. The van der Waals surface area contributed by atoms with Crippen LogP contribution in [-0.4, -0.2) is 17.0 Å². The molecule has 1 N–H and O–H groups in total. The van der Waals surface area contributed by atoms with Crippen molar-refractivity contribution in [1.29, 1.82) is 0 Å². The molecule has 0 aliphatic heterocycles. The van der Waals surface area contributed by atoms with Gasteiger partial charge in [0.25, 0.3) is 0 Å². The lowest BCUT2D eigenvalue weighted by Crippen LogP contribution is -2.06. The Balaban J connectivity index is 2.30. The molecule has 0 spiro atoms. The first-order valence-corrected chi connectivity index (χ1v) is 5.49. The average Bonchev–Trinajstić information content (AvgIpc) is 2.34. The second kappa shape index (κ2) is 5.21. The normalized spacial score (nSPS) is 10.5. The van der Waals surface area contributed by atoms with Crippen molar-refractivity contribution in [2.75, 3.05) is 7.05 Å². The van der Waals surface area contributed by atoms with Gasteiger partial charge in [0.1, 0.15) is 5.82 Å². The second-order valence-corrected chi connectivity index (χ2v) is 3.98. The van der Waals surface area contributed by atoms with Crippen LogP contribution in [0.25, 0.3) is 11.4 Å². The van der Waals surface area contributed by atoms with Crippen molar-refractivity contribution >= 4 is 11.6 Å². The van der Waals surface area contributed by atoms with Crippen molar-refractivity contribution in [3.8, 4) is 11.4 Å². The standard InChI is InChI=1S/C12H11ClFN3/c1-15-5-8-6-16-12(17-7-8)9-2-3-11(14)10(13)4-9/h2-4,6-7,15H,5H2,1H3. The van der Waals surface area contributed by atoms with Gasteiger partial charge in [-0.2, -0.15) is 0 Å². The van der Waals surface area contributed by atoms with E-state index in [-0.39, 0.29) is 5.02 Å². The molecule has 2 rings (SSSR count). The van der Waals surface area contributed by atoms with Gasteiger partial charge in [-0.3, -0.25) is 0 Å². The minimum atomic E-state index is -0.442. The van der Waals surface area contributed by atoms with Crippen LogP contribution in [-0.2, 0) is 6.54 Å². The Morgan fingerprint density at radius 1 is 1.29 bits per heavy atom. The van der Waals surface area contributed by atoms with Crippen molar-refractivity contribution in [2.24, 2.45) is 0 Å². The number of benzene rings is 1. The molecule has 3 nitrogen and oxygen atoms in total. The van der Waals surface area contributed by atoms with Gasteiger partial charge in [-0.05, 0) is 25.2 Å². The Bertz CT molecular complexity index is 514. The van der Waals surface area contributed by atoms with E-state index in [1.165, 1.54) is 12.1 Å². The minimum Gasteiger partial charge on any atom is -0.316 e. The zero-order valence-corrected chi connectivity index (χ0v) is 10.0. The van der Waals surface area contributed by atoms with E-state index < -0.39 is 5.82 Å². The van der Waals surface area contributed by atoms with Gasteiger partial charge in [0.05, 0.1) is 5.02 Å². The van der Waals surface area contributed by atoms with Gasteiger partial charge in [-0.25, -0.2) is 14.4 Å². The van der Waals surface area contributed by atoms with E-state index >= 15 is 0 Å². The van der Waals surface area contributed by atoms with Crippen LogP contribution in [0.1, 0.15) is 5.56 Å². The predicted octanol–water partition coefficient (Wildman–Crippen LogP) is 2.66. The topological polar surface area (TPSA) is 37.8 Å². The van der Waals surface area contributed by atoms with Crippen molar-refractivity contribution in [1.82, 2.24) is 15.3 Å². The van der Waals surface area contributed by atoms with E-state index in [2.05, 4.69) is 15.3 Å². The molecule has 0 radical (unpaired) electrons. The molecule has 1 heterocycles. The minimum absolute atomic E-state index is 0.0744. The molecule has 2 aromatic rings. The molecule has 0 amide bonds. The molecule has 0 fully saturated rings. The van der Waals surface area contributed by atoms with Crippen LogP contribution in [0.3, 0.4) is 0 Å². The molecule has 0 aliphatic carbocycles. The lowest BCUT2D eigenvalue weighted by atomic mass is 10.2. The molecule has 1 aromatic heterocycles. The Morgan fingerprint density at radius 2 is 2.00 bits per heavy atom. The average molecular weight is 252 g/mol. The highest BCUT2D eigenvalue weighted by molar-refractivity contribution is 6.31. The first-order valence-electron chi connectivity index (χ1n) is 5.11. The van der Waals surface area contributed by atoms with E-state index in [0.717, 1.165) is 5.56 Å². The van der Waals surface area contributed by atoms with Gasteiger partial charge < -0.3 is 5.32 Å². The molecule has 0 atom stereocenters. The number of hydrogen-bond donors (Lipinski definition) is 1. The van der Waals surface area contributed by atoms with Crippen LogP contribution in [0, 0.1) is 5.82 Å². The number of hydrogen-bond acceptors (Lipinski definition) is 3. The van der Waals surface area contributed by atoms with Crippen molar-refractivity contribution in [3.63, 3.8) is 0 Å². The molecule has 1 aromatic carbocycles. The first kappa shape index (κ1) is 12.0. The SMILES string of the molecule is CNCc1cnc(-c2ccc(F)c(Cl)c2)nc1. The van der Waals surface area contributed by atoms with Gasteiger partial charge >= 0.3 is 0 Å². The van der Waals surface area contributed by atoms with Gasteiger partial charge in [0.2, 0.25) is 0 Å². The third-order valence-corrected chi connectivity index (χ3v) is 2.55. The summed E-state index contributed by atoms with van der Waals surface area (Å²) in [7, 11) is 1.85. The highest BCUT2D eigenvalue weighted by Gasteiger charge is 2.05. The Kier molecular flexibility index (Phi) is 3.66. The molecular formula is C12H11ClFN3. The third kappa shape index (κ3) is 2.78. The fourth-order valence-electron chi connectivity index (χ4n) is 1.43. The van der Waals surface area contributed by atoms with Crippen LogP contribution >= 0.6 is 11.6 Å². The number of nitrogens with one attached hydrogen (secondary N) is 1. The monoisotopic (exact) mass is 251 g/mol. The quantitative estimate of drug-likeness (QED) is 0.911. The summed E-state index contributed by atoms with van der Waals surface area (Å²) in [5.41, 5.74) is 1.69. The highest BCUT2D eigenvalue weighted by atomic mass is 35.5. The van der Waals surface area contributed by atoms with E-state index in [0.29, 0.717) is 17.9 Å². The molecule has 88 valence electrons. The fraction of sp³-hybridized carbons (Fsp3) is 0.167. The summed E-state index contributed by atoms with van der Waals surface area (Å²) in [5.74, 6) is 0.0916. The number of nitrogens with zero attached hydrogens (tertiary/aromatic N) is 2. The van der Waals surface area contributed by atoms with Gasteiger partial charge in [-0.15, -0.1) is 0 Å². The zero-order valence-electron chi connectivity index (χ0n) is 9.24. The van der Waals surface area contributed by atoms with Crippen molar-refractivity contribution in [3.05, 3.63) is 47.0 Å². The van der Waals surface area contributed by atoms with Crippen LogP contribution in [0.15, 0.2) is 30.6 Å². The second-order valence-electron chi connectivity index (χ2n) is 3.57. The largest absolute Gasteiger partial charge is 0.316 e. The van der Waals surface area contributed by atoms with E-state index in [1.807, 2.05) is 7.05 Å². The summed E-state index contributed by atoms with van der Waals surface area (Å²) in [6.45, 7) is 0.713. The number of aromatic nitrogens is 2. The van der Waals surface area contributed by atoms with Crippen LogP contribution in [0.2, 0.25) is 5.02 Å².